The predicted molar refractivity (Wildman–Crippen MR) is 197 cm³/mol. The van der Waals surface area contributed by atoms with Crippen molar-refractivity contribution in [2.24, 2.45) is 0 Å². The van der Waals surface area contributed by atoms with Crippen LogP contribution in [0, 0.1) is 0 Å². The molecule has 0 aliphatic carbocycles. The lowest BCUT2D eigenvalue weighted by atomic mass is 9.94. The molecule has 4 heteroatoms. The molecule has 0 aliphatic heterocycles. The minimum absolute atomic E-state index is 0.907. The number of aromatic nitrogens is 4. The molecular weight excluding hydrogens is 585 g/mol. The number of para-hydroxylation sites is 3. The van der Waals surface area contributed by atoms with Gasteiger partial charge < -0.3 is 0 Å². The maximum Gasteiger partial charge on any atom is 0.145 e. The smallest absolute Gasteiger partial charge is 0.145 e. The Labute approximate surface area is 278 Å². The van der Waals surface area contributed by atoms with Gasteiger partial charge in [0.25, 0.3) is 0 Å². The minimum atomic E-state index is 0.907. The second-order valence-electron chi connectivity index (χ2n) is 11.9. The molecule has 0 saturated carbocycles. The maximum atomic E-state index is 5.21. The number of nitrogens with zero attached hydrogens (tertiary/aromatic N) is 4. The van der Waals surface area contributed by atoms with Gasteiger partial charge in [0.2, 0.25) is 0 Å². The molecule has 6 aromatic carbocycles. The first kappa shape index (κ1) is 27.8. The third-order valence-electron chi connectivity index (χ3n) is 8.92. The van der Waals surface area contributed by atoms with E-state index < -0.39 is 0 Å². The molecule has 0 bridgehead atoms. The first-order valence-electron chi connectivity index (χ1n) is 16.2. The molecule has 3 heterocycles. The van der Waals surface area contributed by atoms with Crippen molar-refractivity contribution >= 4 is 16.7 Å². The van der Waals surface area contributed by atoms with Crippen molar-refractivity contribution in [1.29, 1.82) is 0 Å². The fourth-order valence-corrected chi connectivity index (χ4v) is 6.69. The van der Waals surface area contributed by atoms with E-state index in [1.165, 1.54) is 0 Å². The topological polar surface area (TPSA) is 35.1 Å². The van der Waals surface area contributed by atoms with Crippen LogP contribution in [0.5, 0.6) is 0 Å². The number of benzene rings is 6. The van der Waals surface area contributed by atoms with Gasteiger partial charge in [0.1, 0.15) is 11.5 Å². The highest BCUT2D eigenvalue weighted by Crippen LogP contribution is 2.38. The second kappa shape index (κ2) is 11.7. The van der Waals surface area contributed by atoms with Crippen LogP contribution >= 0.6 is 0 Å². The maximum absolute atomic E-state index is 5.21. The summed E-state index contributed by atoms with van der Waals surface area (Å²) >= 11 is 0. The van der Waals surface area contributed by atoms with Gasteiger partial charge in [-0.2, -0.15) is 0 Å². The van der Waals surface area contributed by atoms with E-state index in [2.05, 4.69) is 185 Å². The predicted octanol–water partition coefficient (Wildman–Crippen LogP) is 11.0. The molecule has 0 aliphatic rings. The number of imidazole rings is 2. The van der Waals surface area contributed by atoms with Crippen LogP contribution in [-0.4, -0.2) is 18.9 Å². The Balaban J connectivity index is 1.26. The molecule has 9 aromatic rings. The van der Waals surface area contributed by atoms with Gasteiger partial charge in [-0.05, 0) is 82.9 Å². The monoisotopic (exact) mass is 614 g/mol. The summed E-state index contributed by atoms with van der Waals surface area (Å²) in [5, 5.41) is 0. The minimum Gasteiger partial charge on any atom is -0.299 e. The van der Waals surface area contributed by atoms with Gasteiger partial charge in [0, 0.05) is 28.6 Å². The van der Waals surface area contributed by atoms with E-state index in [-0.39, 0.29) is 0 Å². The van der Waals surface area contributed by atoms with E-state index in [9.17, 15) is 0 Å². The number of rotatable bonds is 6. The lowest BCUT2D eigenvalue weighted by Gasteiger charge is -2.14. The molecule has 0 saturated heterocycles. The fraction of sp³-hybridized carbons (Fsp3) is 0. The third kappa shape index (κ3) is 4.88. The van der Waals surface area contributed by atoms with Gasteiger partial charge in [0.15, 0.2) is 0 Å². The molecule has 4 nitrogen and oxygen atoms in total. The Morgan fingerprint density at radius 2 is 0.979 bits per heavy atom. The summed E-state index contributed by atoms with van der Waals surface area (Å²) in [6, 6.07) is 61.7. The molecule has 9 rings (SSSR count). The highest BCUT2D eigenvalue weighted by molar-refractivity contribution is 5.88. The van der Waals surface area contributed by atoms with Gasteiger partial charge in [-0.15, -0.1) is 0 Å². The molecule has 48 heavy (non-hydrogen) atoms. The van der Waals surface area contributed by atoms with E-state index in [4.69, 9.17) is 9.97 Å². The largest absolute Gasteiger partial charge is 0.299 e. The van der Waals surface area contributed by atoms with Crippen molar-refractivity contribution in [3.8, 4) is 61.8 Å². The van der Waals surface area contributed by atoms with Crippen LogP contribution in [0.4, 0.5) is 0 Å². The molecule has 0 atom stereocenters. The molecule has 0 amide bonds. The van der Waals surface area contributed by atoms with E-state index in [0.29, 0.717) is 0 Å². The molecule has 0 spiro atoms. The van der Waals surface area contributed by atoms with Crippen LogP contribution in [0.3, 0.4) is 0 Å². The quantitative estimate of drug-likeness (QED) is 0.187. The zero-order valence-electron chi connectivity index (χ0n) is 26.1. The number of fused-ring (bicyclic) bond motifs is 2. The Morgan fingerprint density at radius 3 is 1.77 bits per heavy atom. The Kier molecular flexibility index (Phi) is 6.76. The van der Waals surface area contributed by atoms with Crippen molar-refractivity contribution in [3.05, 3.63) is 182 Å². The lowest BCUT2D eigenvalue weighted by molar-refractivity contribution is 1.10. The molecule has 0 N–H and O–H groups in total. The highest BCUT2D eigenvalue weighted by atomic mass is 15.1. The summed E-state index contributed by atoms with van der Waals surface area (Å²) in [6.07, 6.45) is 2.09. The molecule has 0 radical (unpaired) electrons. The van der Waals surface area contributed by atoms with Crippen LogP contribution in [0.1, 0.15) is 0 Å². The summed E-state index contributed by atoms with van der Waals surface area (Å²) in [5.74, 6) is 0.907. The number of hydrogen-bond acceptors (Lipinski definition) is 2. The zero-order valence-corrected chi connectivity index (χ0v) is 26.1. The Morgan fingerprint density at radius 1 is 0.396 bits per heavy atom. The van der Waals surface area contributed by atoms with Crippen LogP contribution in [0.25, 0.3) is 78.5 Å². The summed E-state index contributed by atoms with van der Waals surface area (Å²) < 4.78 is 4.45. The van der Waals surface area contributed by atoms with Crippen molar-refractivity contribution in [3.63, 3.8) is 0 Å². The van der Waals surface area contributed by atoms with Crippen molar-refractivity contribution in [2.45, 2.75) is 0 Å². The molecule has 0 unspecified atom stereocenters. The summed E-state index contributed by atoms with van der Waals surface area (Å²) in [6.45, 7) is 0. The SMILES string of the molecule is c1ccc(-c2cc(-c3cccc(-c4nc5ccccn5c4-c4ccccc4)c3)cc(-c3nc4ccccc4n3-c3ccccc3)c2)cc1. The van der Waals surface area contributed by atoms with E-state index >= 15 is 0 Å². The number of pyridine rings is 1. The molecule has 226 valence electrons. The summed E-state index contributed by atoms with van der Waals surface area (Å²) in [5.41, 5.74) is 13.9. The highest BCUT2D eigenvalue weighted by Gasteiger charge is 2.19. The lowest BCUT2D eigenvalue weighted by Crippen LogP contribution is -1.98. The second-order valence-corrected chi connectivity index (χ2v) is 11.9. The standard InChI is InChI=1S/C44H30N4/c1-4-15-31(16-5-1)35-28-36(30-37(29-35)44-45-39-23-10-11-24-40(39)48(44)38-21-8-3-9-22-38)33-19-14-20-34(27-33)42-43(32-17-6-2-7-18-32)47-26-13-12-25-41(47)46-42/h1-30H. The molecule has 0 fully saturated rings. The summed E-state index contributed by atoms with van der Waals surface area (Å²) in [4.78, 5) is 10.4. The zero-order chi connectivity index (χ0) is 31.9. The van der Waals surface area contributed by atoms with Gasteiger partial charge in [-0.3, -0.25) is 8.97 Å². The normalized spacial score (nSPS) is 11.3. The van der Waals surface area contributed by atoms with E-state index in [0.717, 1.165) is 78.5 Å². The van der Waals surface area contributed by atoms with Crippen LogP contribution in [0.2, 0.25) is 0 Å². The average Bonchev–Trinajstić information content (AvgIpc) is 3.75. The van der Waals surface area contributed by atoms with Gasteiger partial charge in [-0.1, -0.05) is 115 Å². The summed E-state index contributed by atoms with van der Waals surface area (Å²) in [7, 11) is 0. The van der Waals surface area contributed by atoms with Crippen LogP contribution in [0.15, 0.2) is 182 Å². The molecule has 3 aromatic heterocycles. The van der Waals surface area contributed by atoms with Gasteiger partial charge >= 0.3 is 0 Å². The Bertz CT molecular complexity index is 2550. The van der Waals surface area contributed by atoms with E-state index in [1.807, 2.05) is 6.07 Å². The van der Waals surface area contributed by atoms with E-state index in [1.54, 1.807) is 0 Å². The van der Waals surface area contributed by atoms with Gasteiger partial charge in [0.05, 0.1) is 22.4 Å². The van der Waals surface area contributed by atoms with Crippen LogP contribution in [-0.2, 0) is 0 Å². The first-order chi connectivity index (χ1) is 23.8. The number of hydrogen-bond donors (Lipinski definition) is 0. The Hall–Kier alpha value is -6.52. The first-order valence-corrected chi connectivity index (χ1v) is 16.2. The van der Waals surface area contributed by atoms with Crippen molar-refractivity contribution < 1.29 is 0 Å². The average molecular weight is 615 g/mol. The molecular formula is C44H30N4. The third-order valence-corrected chi connectivity index (χ3v) is 8.92. The van der Waals surface area contributed by atoms with Crippen molar-refractivity contribution in [2.75, 3.05) is 0 Å². The van der Waals surface area contributed by atoms with Crippen molar-refractivity contribution in [1.82, 2.24) is 18.9 Å². The van der Waals surface area contributed by atoms with Crippen LogP contribution < -0.4 is 0 Å². The van der Waals surface area contributed by atoms with Gasteiger partial charge in [-0.25, -0.2) is 9.97 Å². The fourth-order valence-electron chi connectivity index (χ4n) is 6.69.